The second kappa shape index (κ2) is 9.66. The number of para-hydroxylation sites is 1. The minimum Gasteiger partial charge on any atom is -0.489 e. The van der Waals surface area contributed by atoms with Gasteiger partial charge in [-0.1, -0.05) is 36.4 Å². The van der Waals surface area contributed by atoms with E-state index in [0.717, 1.165) is 27.8 Å². The number of nitrogens with two attached hydrogens (primary N) is 1. The Balaban J connectivity index is 1.64. The van der Waals surface area contributed by atoms with Gasteiger partial charge in [0, 0.05) is 29.1 Å². The standard InChI is InChI=1S/C26H24FNO4/c1-2-30-25(29)14-20-7-3-4-9-23(20)31-16-18-11-21-13-24(27)32-26(21)22(12-18)19-8-5-6-17(10-19)15-28/h3-13H,2,14-16,28H2,1H3. The highest BCUT2D eigenvalue weighted by atomic mass is 19.1. The predicted octanol–water partition coefficient (Wildman–Crippen LogP) is 5.38. The zero-order valence-corrected chi connectivity index (χ0v) is 17.8. The fourth-order valence-electron chi connectivity index (χ4n) is 3.67. The van der Waals surface area contributed by atoms with Crippen LogP contribution in [-0.2, 0) is 29.1 Å². The van der Waals surface area contributed by atoms with Gasteiger partial charge in [0.25, 0.3) is 6.01 Å². The molecule has 6 heteroatoms. The molecule has 0 spiro atoms. The van der Waals surface area contributed by atoms with Crippen LogP contribution in [0.1, 0.15) is 23.6 Å². The molecule has 0 aliphatic carbocycles. The van der Waals surface area contributed by atoms with Crippen molar-refractivity contribution in [1.82, 2.24) is 0 Å². The van der Waals surface area contributed by atoms with Crippen molar-refractivity contribution in [2.75, 3.05) is 6.61 Å². The van der Waals surface area contributed by atoms with Gasteiger partial charge in [-0.3, -0.25) is 4.79 Å². The van der Waals surface area contributed by atoms with Crippen LogP contribution in [0.4, 0.5) is 4.39 Å². The molecule has 32 heavy (non-hydrogen) atoms. The van der Waals surface area contributed by atoms with Gasteiger partial charge >= 0.3 is 5.97 Å². The fourth-order valence-corrected chi connectivity index (χ4v) is 3.67. The van der Waals surface area contributed by atoms with Crippen molar-refractivity contribution in [1.29, 1.82) is 0 Å². The fraction of sp³-hybridized carbons (Fsp3) is 0.192. The number of benzene rings is 3. The third-order valence-electron chi connectivity index (χ3n) is 5.13. The number of carbonyl (C=O) groups is 1. The summed E-state index contributed by atoms with van der Waals surface area (Å²) in [6.45, 7) is 2.75. The minimum atomic E-state index is -0.644. The van der Waals surface area contributed by atoms with Gasteiger partial charge in [0.2, 0.25) is 0 Å². The summed E-state index contributed by atoms with van der Waals surface area (Å²) < 4.78 is 30.4. The third-order valence-corrected chi connectivity index (χ3v) is 5.13. The largest absolute Gasteiger partial charge is 0.489 e. The smallest absolute Gasteiger partial charge is 0.310 e. The summed E-state index contributed by atoms with van der Waals surface area (Å²) in [4.78, 5) is 11.9. The van der Waals surface area contributed by atoms with E-state index in [1.54, 1.807) is 6.92 Å². The van der Waals surface area contributed by atoms with E-state index >= 15 is 0 Å². The van der Waals surface area contributed by atoms with E-state index < -0.39 is 6.01 Å². The van der Waals surface area contributed by atoms with E-state index in [-0.39, 0.29) is 19.0 Å². The Morgan fingerprint density at radius 1 is 1.03 bits per heavy atom. The lowest BCUT2D eigenvalue weighted by molar-refractivity contribution is -0.142. The Morgan fingerprint density at radius 3 is 2.69 bits per heavy atom. The highest BCUT2D eigenvalue weighted by Gasteiger charge is 2.14. The topological polar surface area (TPSA) is 74.7 Å². The Kier molecular flexibility index (Phi) is 6.52. The number of esters is 1. The molecule has 1 heterocycles. The predicted molar refractivity (Wildman–Crippen MR) is 121 cm³/mol. The van der Waals surface area contributed by atoms with Crippen LogP contribution in [0, 0.1) is 6.01 Å². The maximum atomic E-state index is 13.9. The molecule has 0 aliphatic heterocycles. The average molecular weight is 433 g/mol. The van der Waals surface area contributed by atoms with Gasteiger partial charge in [0.15, 0.2) is 0 Å². The highest BCUT2D eigenvalue weighted by molar-refractivity contribution is 5.93. The zero-order valence-electron chi connectivity index (χ0n) is 17.8. The first-order valence-electron chi connectivity index (χ1n) is 10.4. The molecule has 0 amide bonds. The molecule has 0 atom stereocenters. The second-order valence-corrected chi connectivity index (χ2v) is 7.39. The van der Waals surface area contributed by atoms with Crippen molar-refractivity contribution in [3.8, 4) is 16.9 Å². The SMILES string of the molecule is CCOC(=O)Cc1ccccc1OCc1cc(-c2cccc(CN)c2)c2oc(F)cc2c1. The molecule has 0 aliphatic rings. The number of ether oxygens (including phenoxy) is 2. The number of fused-ring (bicyclic) bond motifs is 1. The Labute approximate surface area is 185 Å². The van der Waals surface area contributed by atoms with E-state index in [2.05, 4.69) is 0 Å². The van der Waals surface area contributed by atoms with Crippen molar-refractivity contribution in [3.05, 3.63) is 89.4 Å². The summed E-state index contributed by atoms with van der Waals surface area (Å²) >= 11 is 0. The summed E-state index contributed by atoms with van der Waals surface area (Å²) in [6, 6.07) is 19.6. The van der Waals surface area contributed by atoms with Gasteiger partial charge in [-0.05, 0) is 47.9 Å². The van der Waals surface area contributed by atoms with E-state index in [1.807, 2.05) is 60.7 Å². The van der Waals surface area contributed by atoms with Crippen molar-refractivity contribution in [3.63, 3.8) is 0 Å². The molecule has 4 aromatic rings. The van der Waals surface area contributed by atoms with Gasteiger partial charge in [0.1, 0.15) is 17.9 Å². The van der Waals surface area contributed by atoms with E-state index in [0.29, 0.717) is 29.9 Å². The molecule has 0 bridgehead atoms. The molecule has 0 fully saturated rings. The third kappa shape index (κ3) is 4.81. The Hall–Kier alpha value is -3.64. The quantitative estimate of drug-likeness (QED) is 0.378. The van der Waals surface area contributed by atoms with Crippen LogP contribution in [0.15, 0.2) is 71.1 Å². The van der Waals surface area contributed by atoms with Crippen LogP contribution in [0.3, 0.4) is 0 Å². The first kappa shape index (κ1) is 21.6. The van der Waals surface area contributed by atoms with Crippen LogP contribution >= 0.6 is 0 Å². The van der Waals surface area contributed by atoms with Gasteiger partial charge in [-0.15, -0.1) is 0 Å². The summed E-state index contributed by atoms with van der Waals surface area (Å²) in [5.41, 5.74) is 10.5. The van der Waals surface area contributed by atoms with Crippen molar-refractivity contribution in [2.24, 2.45) is 5.73 Å². The van der Waals surface area contributed by atoms with E-state index in [1.165, 1.54) is 6.07 Å². The summed E-state index contributed by atoms with van der Waals surface area (Å²) in [6.07, 6.45) is 0.132. The molecule has 0 saturated heterocycles. The van der Waals surface area contributed by atoms with Gasteiger partial charge in [-0.2, -0.15) is 4.39 Å². The normalized spacial score (nSPS) is 11.0. The van der Waals surface area contributed by atoms with E-state index in [9.17, 15) is 9.18 Å². The molecule has 0 saturated carbocycles. The van der Waals surface area contributed by atoms with Crippen molar-refractivity contribution < 1.29 is 23.1 Å². The van der Waals surface area contributed by atoms with Gasteiger partial charge in [0.05, 0.1) is 13.0 Å². The first-order valence-corrected chi connectivity index (χ1v) is 10.4. The minimum absolute atomic E-state index is 0.132. The molecule has 3 aromatic carbocycles. The molecule has 4 rings (SSSR count). The van der Waals surface area contributed by atoms with Crippen LogP contribution < -0.4 is 10.5 Å². The molecular weight excluding hydrogens is 409 g/mol. The van der Waals surface area contributed by atoms with Crippen LogP contribution in [-0.4, -0.2) is 12.6 Å². The van der Waals surface area contributed by atoms with E-state index in [4.69, 9.17) is 19.6 Å². The molecule has 0 radical (unpaired) electrons. The number of hydrogen-bond donors (Lipinski definition) is 1. The number of rotatable bonds is 8. The number of furan rings is 1. The van der Waals surface area contributed by atoms with Crippen LogP contribution in [0.5, 0.6) is 5.75 Å². The molecule has 164 valence electrons. The van der Waals surface area contributed by atoms with Crippen LogP contribution in [0.25, 0.3) is 22.1 Å². The lowest BCUT2D eigenvalue weighted by Crippen LogP contribution is -2.09. The van der Waals surface area contributed by atoms with Crippen molar-refractivity contribution in [2.45, 2.75) is 26.5 Å². The highest BCUT2D eigenvalue weighted by Crippen LogP contribution is 2.33. The molecular formula is C26H24FNO4. The number of halogens is 1. The van der Waals surface area contributed by atoms with Crippen molar-refractivity contribution >= 4 is 16.9 Å². The van der Waals surface area contributed by atoms with Crippen LogP contribution in [0.2, 0.25) is 0 Å². The molecule has 5 nitrogen and oxygen atoms in total. The first-order chi connectivity index (χ1) is 15.6. The van der Waals surface area contributed by atoms with Gasteiger partial charge in [-0.25, -0.2) is 0 Å². The summed E-state index contributed by atoms with van der Waals surface area (Å²) in [7, 11) is 0. The molecule has 0 unspecified atom stereocenters. The molecule has 2 N–H and O–H groups in total. The summed E-state index contributed by atoms with van der Waals surface area (Å²) in [5, 5.41) is 0.650. The number of carbonyl (C=O) groups excluding carboxylic acids is 1. The maximum absolute atomic E-state index is 13.9. The number of hydrogen-bond acceptors (Lipinski definition) is 5. The lowest BCUT2D eigenvalue weighted by atomic mass is 9.99. The zero-order chi connectivity index (χ0) is 22.5. The monoisotopic (exact) mass is 433 g/mol. The Bertz CT molecular complexity index is 1250. The van der Waals surface area contributed by atoms with Gasteiger partial charge < -0.3 is 19.6 Å². The summed E-state index contributed by atoms with van der Waals surface area (Å²) in [5.74, 6) is 0.298. The average Bonchev–Trinajstić information content (AvgIpc) is 3.18. The maximum Gasteiger partial charge on any atom is 0.310 e. The lowest BCUT2D eigenvalue weighted by Gasteiger charge is -2.13. The molecule has 1 aromatic heterocycles. The second-order valence-electron chi connectivity index (χ2n) is 7.39. The Morgan fingerprint density at radius 2 is 1.88 bits per heavy atom.